The van der Waals surface area contributed by atoms with Crippen LogP contribution in [0.25, 0.3) is 22.3 Å². The molecule has 0 bridgehead atoms. The summed E-state index contributed by atoms with van der Waals surface area (Å²) in [4.78, 5) is 0. The van der Waals surface area contributed by atoms with Gasteiger partial charge < -0.3 is 24.8 Å². The van der Waals surface area contributed by atoms with Gasteiger partial charge in [-0.15, -0.1) is 12.5 Å². The van der Waals surface area contributed by atoms with E-state index in [1.165, 1.54) is 98.9 Å². The number of aryl methyl sites for hydroxylation is 1. The molecule has 3 aromatic carbocycles. The summed E-state index contributed by atoms with van der Waals surface area (Å²) < 4.78 is 1.80. The third-order valence-electron chi connectivity index (χ3n) is 10.6. The molecule has 3 heteroatoms. The van der Waals surface area contributed by atoms with Gasteiger partial charge in [-0.2, -0.15) is 28.8 Å². The number of rotatable bonds is 1. The fraction of sp³-hybridized carbons (Fsp3) is 0.477. The van der Waals surface area contributed by atoms with Gasteiger partial charge in [0.15, 0.2) is 0 Å². The van der Waals surface area contributed by atoms with Crippen molar-refractivity contribution in [3.63, 3.8) is 0 Å². The molecule has 1 fully saturated rings. The third-order valence-corrected chi connectivity index (χ3v) is 11.9. The first kappa shape index (κ1) is 39.9. The molecule has 0 aromatic heterocycles. The van der Waals surface area contributed by atoms with Gasteiger partial charge in [-0.25, -0.2) is 18.6 Å². The summed E-state index contributed by atoms with van der Waals surface area (Å²) >= 11 is 1.69. The molecule has 252 valence electrons. The van der Waals surface area contributed by atoms with E-state index in [9.17, 15) is 0 Å². The quantitative estimate of drug-likeness (QED) is 0.204. The van der Waals surface area contributed by atoms with Gasteiger partial charge in [-0.1, -0.05) is 102 Å². The van der Waals surface area contributed by atoms with Crippen molar-refractivity contribution < 1.29 is 49.0 Å². The Bertz CT molecular complexity index is 1560. The molecule has 4 aliphatic carbocycles. The zero-order valence-corrected chi connectivity index (χ0v) is 34.7. The predicted molar refractivity (Wildman–Crippen MR) is 195 cm³/mol. The zero-order valence-electron chi connectivity index (χ0n) is 30.7. The Kier molecular flexibility index (Phi) is 13.2. The molecule has 0 spiro atoms. The fourth-order valence-electron chi connectivity index (χ4n) is 7.33. The number of hydrogen-bond donors (Lipinski definition) is 0. The minimum absolute atomic E-state index is 0. The normalized spacial score (nSPS) is 18.0. The molecule has 0 nitrogen and oxygen atoms in total. The Morgan fingerprint density at radius 3 is 1.83 bits per heavy atom. The second-order valence-electron chi connectivity index (χ2n) is 16.3. The van der Waals surface area contributed by atoms with Crippen molar-refractivity contribution in [1.29, 1.82) is 0 Å². The average Bonchev–Trinajstić information content (AvgIpc) is 3.62. The van der Waals surface area contributed by atoms with Crippen LogP contribution < -0.4 is 24.8 Å². The molecule has 0 atom stereocenters. The van der Waals surface area contributed by atoms with Gasteiger partial charge in [-0.3, -0.25) is 0 Å². The van der Waals surface area contributed by atoms with Crippen molar-refractivity contribution in [3.8, 4) is 11.1 Å². The maximum absolute atomic E-state index is 2.51. The second-order valence-corrected chi connectivity index (χ2v) is 18.0. The Hall–Kier alpha value is -1.53. The molecule has 7 rings (SSSR count). The Balaban J connectivity index is 0.000000249. The Labute approximate surface area is 314 Å². The molecular formula is C44H56Cl2Zr-2. The molecule has 0 unspecified atom stereocenters. The van der Waals surface area contributed by atoms with Crippen LogP contribution in [0.2, 0.25) is 0 Å². The van der Waals surface area contributed by atoms with Crippen LogP contribution in [0.1, 0.15) is 152 Å². The van der Waals surface area contributed by atoms with Crippen molar-refractivity contribution in [2.24, 2.45) is 0 Å². The molecule has 0 saturated heterocycles. The number of allylic oxidation sites excluding steroid dienone is 4. The van der Waals surface area contributed by atoms with Crippen LogP contribution in [0.15, 0.2) is 54.6 Å². The number of hydrogen-bond acceptors (Lipinski definition) is 0. The SMILES string of the molecule is CC1=C[CH-]C(C)(C)c2cc3c(cc21)-c1cc2c(cc1C3)C(C)(C)CC=C2C.CCc1cc(C(C)(C)C)c[cH-]1.[Cl-].[Cl-].[Zr+2]=[C]1CCCCC1. The van der Waals surface area contributed by atoms with E-state index in [0.29, 0.717) is 5.41 Å². The van der Waals surface area contributed by atoms with Gasteiger partial charge in [-0.05, 0) is 70.2 Å². The first-order chi connectivity index (χ1) is 21.1. The monoisotopic (exact) mass is 744 g/mol. The van der Waals surface area contributed by atoms with E-state index in [4.69, 9.17) is 0 Å². The molecule has 0 heterocycles. The van der Waals surface area contributed by atoms with Crippen molar-refractivity contribution in [3.05, 3.63) is 106 Å². The fourth-order valence-corrected chi connectivity index (χ4v) is 8.20. The summed E-state index contributed by atoms with van der Waals surface area (Å²) in [6, 6.07) is 16.7. The molecule has 0 aliphatic heterocycles. The van der Waals surface area contributed by atoms with Gasteiger partial charge in [0.05, 0.1) is 0 Å². The standard InChI is InChI=1S/C27H29.C11H17.C6H10.2ClH.Zr/c1-16-7-9-26(3,4)24-12-18-11-19-13-25-21(17(2)8-10-27(25,5)6)15-23(19)22(18)14-20(16)24;1-5-9-6-7-10(8-9)11(2,3)4;1-2-4-6-5-3-1;;;/h7-9,12-15H,10-11H2,1-6H3;6-8H,5H2,1-4H3;1-5H2;2*1H;/q2*-1;;;;+2/p-2. The maximum atomic E-state index is 2.51. The van der Waals surface area contributed by atoms with Crippen molar-refractivity contribution in [1.82, 2.24) is 0 Å². The number of fused-ring (bicyclic) bond motifs is 5. The van der Waals surface area contributed by atoms with Crippen LogP contribution >= 0.6 is 0 Å². The molecule has 0 radical (unpaired) electrons. The summed E-state index contributed by atoms with van der Waals surface area (Å²) in [5, 5.41) is 0. The van der Waals surface area contributed by atoms with Crippen LogP contribution in [-0.4, -0.2) is 3.21 Å². The predicted octanol–water partition coefficient (Wildman–Crippen LogP) is 6.18. The summed E-state index contributed by atoms with van der Waals surface area (Å²) in [5.74, 6) is 0. The molecule has 1 saturated carbocycles. The first-order valence-corrected chi connectivity index (χ1v) is 18.7. The summed E-state index contributed by atoms with van der Waals surface area (Å²) in [6.07, 6.45) is 17.7. The van der Waals surface area contributed by atoms with Gasteiger partial charge in [0.2, 0.25) is 0 Å². The number of halogens is 2. The van der Waals surface area contributed by atoms with E-state index < -0.39 is 0 Å². The van der Waals surface area contributed by atoms with E-state index >= 15 is 0 Å². The van der Waals surface area contributed by atoms with E-state index in [0.717, 1.165) is 19.3 Å². The van der Waals surface area contributed by atoms with Crippen molar-refractivity contribution in [2.75, 3.05) is 0 Å². The summed E-state index contributed by atoms with van der Waals surface area (Å²) in [5.41, 5.74) is 18.2. The van der Waals surface area contributed by atoms with Crippen molar-refractivity contribution in [2.45, 2.75) is 137 Å². The first-order valence-electron chi connectivity index (χ1n) is 17.5. The van der Waals surface area contributed by atoms with Crippen LogP contribution in [0.3, 0.4) is 0 Å². The zero-order chi connectivity index (χ0) is 32.7. The van der Waals surface area contributed by atoms with Gasteiger partial charge in [0, 0.05) is 0 Å². The van der Waals surface area contributed by atoms with Crippen LogP contribution in [0, 0.1) is 6.42 Å². The molecule has 0 N–H and O–H groups in total. The molecule has 47 heavy (non-hydrogen) atoms. The van der Waals surface area contributed by atoms with Gasteiger partial charge >= 0.3 is 59.5 Å². The summed E-state index contributed by atoms with van der Waals surface area (Å²) in [7, 11) is 0. The van der Waals surface area contributed by atoms with Gasteiger partial charge in [0.1, 0.15) is 0 Å². The third kappa shape index (κ3) is 8.80. The van der Waals surface area contributed by atoms with E-state index in [1.54, 1.807) is 27.4 Å². The van der Waals surface area contributed by atoms with Crippen LogP contribution in [-0.2, 0) is 53.3 Å². The average molecular weight is 747 g/mol. The van der Waals surface area contributed by atoms with Gasteiger partial charge in [0.25, 0.3) is 0 Å². The summed E-state index contributed by atoms with van der Waals surface area (Å²) in [6.45, 7) is 22.9. The van der Waals surface area contributed by atoms with Crippen LogP contribution in [0.4, 0.5) is 0 Å². The van der Waals surface area contributed by atoms with E-state index in [2.05, 4.69) is 130 Å². The van der Waals surface area contributed by atoms with E-state index in [1.807, 2.05) is 0 Å². The molecule has 0 amide bonds. The second kappa shape index (κ2) is 15.6. The minimum atomic E-state index is 0. The Morgan fingerprint density at radius 1 is 0.766 bits per heavy atom. The number of benzene rings is 2. The molecular weight excluding hydrogens is 691 g/mol. The van der Waals surface area contributed by atoms with E-state index in [-0.39, 0.29) is 35.6 Å². The van der Waals surface area contributed by atoms with Crippen LogP contribution in [0.5, 0.6) is 0 Å². The van der Waals surface area contributed by atoms with Crippen molar-refractivity contribution >= 4 is 14.4 Å². The Morgan fingerprint density at radius 2 is 1.34 bits per heavy atom. The molecule has 4 aliphatic rings. The topological polar surface area (TPSA) is 0 Å². The molecule has 3 aromatic rings.